The Morgan fingerprint density at radius 2 is 2.27 bits per heavy atom. The molecule has 0 saturated carbocycles. The van der Waals surface area contributed by atoms with E-state index in [0.29, 0.717) is 13.0 Å². The Morgan fingerprint density at radius 3 is 2.64 bits per heavy atom. The predicted molar refractivity (Wildman–Crippen MR) is 42.1 cm³/mol. The summed E-state index contributed by atoms with van der Waals surface area (Å²) in [5, 5.41) is 8.69. The molecule has 0 aromatic heterocycles. The Bertz CT molecular complexity index is 149. The highest BCUT2D eigenvalue weighted by atomic mass is 16.5. The molecule has 0 aromatic carbocycles. The zero-order valence-electron chi connectivity index (χ0n) is 6.96. The molecule has 11 heavy (non-hydrogen) atoms. The summed E-state index contributed by atoms with van der Waals surface area (Å²) in [6.07, 6.45) is -0.376. The van der Waals surface area contributed by atoms with E-state index in [-0.39, 0.29) is 0 Å². The van der Waals surface area contributed by atoms with Gasteiger partial charge in [0.2, 0.25) is 0 Å². The van der Waals surface area contributed by atoms with Gasteiger partial charge in [0.15, 0.2) is 0 Å². The molecule has 1 N–H and O–H groups in total. The van der Waals surface area contributed by atoms with Crippen molar-refractivity contribution in [1.82, 2.24) is 0 Å². The summed E-state index contributed by atoms with van der Waals surface area (Å²) in [6, 6.07) is 0. The van der Waals surface area contributed by atoms with E-state index in [0.717, 1.165) is 5.57 Å². The van der Waals surface area contributed by atoms with Crippen LogP contribution in [-0.4, -0.2) is 23.8 Å². The fraction of sp³-hybridized carbons (Fsp3) is 0.625. The maximum Gasteiger partial charge on any atom is 0.334 e. The Hall–Kier alpha value is -0.830. The number of aliphatic hydroxyl groups is 1. The fourth-order valence-corrected chi connectivity index (χ4v) is 0.446. The van der Waals surface area contributed by atoms with Crippen LogP contribution in [0.15, 0.2) is 12.2 Å². The lowest BCUT2D eigenvalue weighted by atomic mass is 10.3. The van der Waals surface area contributed by atoms with E-state index in [4.69, 9.17) is 5.11 Å². The van der Waals surface area contributed by atoms with Gasteiger partial charge < -0.3 is 9.84 Å². The second-order valence-corrected chi connectivity index (χ2v) is 2.55. The zero-order valence-corrected chi connectivity index (χ0v) is 6.96. The zero-order chi connectivity index (χ0) is 8.85. The van der Waals surface area contributed by atoms with Gasteiger partial charge in [-0.2, -0.15) is 0 Å². The van der Waals surface area contributed by atoms with Crippen molar-refractivity contribution in [2.75, 3.05) is 6.61 Å². The van der Waals surface area contributed by atoms with Gasteiger partial charge in [-0.1, -0.05) is 5.57 Å². The number of carbonyl (C=O) groups excluding carboxylic acids is 1. The fourth-order valence-electron chi connectivity index (χ4n) is 0.446. The molecule has 0 heterocycles. The summed E-state index contributed by atoms with van der Waals surface area (Å²) in [6.45, 7) is 7.18. The van der Waals surface area contributed by atoms with Crippen LogP contribution >= 0.6 is 0 Å². The highest BCUT2D eigenvalue weighted by Gasteiger charge is 2.08. The standard InChI is InChI=1S/C8H14O3/c1-6(2)4-5-11-8(10)7(3)9/h7,9H,1,4-5H2,2-3H3. The lowest BCUT2D eigenvalue weighted by molar-refractivity contribution is -0.152. The first-order valence-electron chi connectivity index (χ1n) is 3.53. The molecule has 0 amide bonds. The molecule has 0 aliphatic rings. The molecule has 0 aromatic rings. The Kier molecular flexibility index (Phi) is 4.54. The lowest BCUT2D eigenvalue weighted by Crippen LogP contribution is -2.19. The van der Waals surface area contributed by atoms with Crippen LogP contribution in [0.1, 0.15) is 20.3 Å². The van der Waals surface area contributed by atoms with Crippen LogP contribution in [0.2, 0.25) is 0 Å². The van der Waals surface area contributed by atoms with E-state index in [2.05, 4.69) is 11.3 Å². The molecule has 0 aliphatic heterocycles. The monoisotopic (exact) mass is 158 g/mol. The minimum atomic E-state index is -1.03. The van der Waals surface area contributed by atoms with Gasteiger partial charge >= 0.3 is 5.97 Å². The van der Waals surface area contributed by atoms with Crippen LogP contribution in [0.4, 0.5) is 0 Å². The quantitative estimate of drug-likeness (QED) is 0.488. The van der Waals surface area contributed by atoms with Gasteiger partial charge in [-0.15, -0.1) is 6.58 Å². The maximum atomic E-state index is 10.6. The van der Waals surface area contributed by atoms with Crippen molar-refractivity contribution in [3.8, 4) is 0 Å². The van der Waals surface area contributed by atoms with Crippen LogP contribution in [0.5, 0.6) is 0 Å². The van der Waals surface area contributed by atoms with Gasteiger partial charge in [-0.3, -0.25) is 0 Å². The SMILES string of the molecule is C=C(C)CCOC(=O)C(C)O. The molecule has 0 fully saturated rings. The summed E-state index contributed by atoms with van der Waals surface area (Å²) in [5.74, 6) is -0.578. The molecule has 1 unspecified atom stereocenters. The Balaban J connectivity index is 3.39. The summed E-state index contributed by atoms with van der Waals surface area (Å²) < 4.78 is 4.66. The van der Waals surface area contributed by atoms with Crippen molar-refractivity contribution in [3.05, 3.63) is 12.2 Å². The van der Waals surface area contributed by atoms with Gasteiger partial charge in [0.05, 0.1) is 6.61 Å². The van der Waals surface area contributed by atoms with E-state index in [9.17, 15) is 4.79 Å². The average molecular weight is 158 g/mol. The second kappa shape index (κ2) is 4.91. The summed E-state index contributed by atoms with van der Waals surface area (Å²) in [4.78, 5) is 10.6. The molecule has 3 heteroatoms. The van der Waals surface area contributed by atoms with Crippen molar-refractivity contribution < 1.29 is 14.6 Å². The Labute approximate surface area is 66.7 Å². The van der Waals surface area contributed by atoms with E-state index in [1.807, 2.05) is 6.92 Å². The first-order valence-corrected chi connectivity index (χ1v) is 3.53. The molecule has 1 atom stereocenters. The second-order valence-electron chi connectivity index (χ2n) is 2.55. The highest BCUT2D eigenvalue weighted by molar-refractivity contribution is 5.73. The number of ether oxygens (including phenoxy) is 1. The summed E-state index contributed by atoms with van der Waals surface area (Å²) >= 11 is 0. The first-order chi connectivity index (χ1) is 5.04. The van der Waals surface area contributed by atoms with Crippen LogP contribution in [0, 0.1) is 0 Å². The molecule has 0 bridgehead atoms. The number of carbonyl (C=O) groups is 1. The molecule has 0 spiro atoms. The largest absolute Gasteiger partial charge is 0.463 e. The molecule has 0 aliphatic carbocycles. The van der Waals surface area contributed by atoms with Crippen LogP contribution in [0.3, 0.4) is 0 Å². The van der Waals surface area contributed by atoms with Gasteiger partial charge in [0.1, 0.15) is 6.10 Å². The van der Waals surface area contributed by atoms with Crippen LogP contribution < -0.4 is 0 Å². The topological polar surface area (TPSA) is 46.5 Å². The van der Waals surface area contributed by atoms with Crippen LogP contribution in [0.25, 0.3) is 0 Å². The molecule has 3 nitrogen and oxygen atoms in total. The number of esters is 1. The molecular formula is C8H14O3. The summed E-state index contributed by atoms with van der Waals surface area (Å²) in [5.41, 5.74) is 0.961. The van der Waals surface area contributed by atoms with Gasteiger partial charge in [0.25, 0.3) is 0 Å². The van der Waals surface area contributed by atoms with E-state index < -0.39 is 12.1 Å². The highest BCUT2D eigenvalue weighted by Crippen LogP contribution is 1.96. The molecule has 0 rings (SSSR count). The Morgan fingerprint density at radius 1 is 1.73 bits per heavy atom. The van der Waals surface area contributed by atoms with Crippen molar-refractivity contribution in [1.29, 1.82) is 0 Å². The third-order valence-corrected chi connectivity index (χ3v) is 1.11. The van der Waals surface area contributed by atoms with Gasteiger partial charge in [-0.05, 0) is 13.8 Å². The van der Waals surface area contributed by atoms with Crippen molar-refractivity contribution in [3.63, 3.8) is 0 Å². The van der Waals surface area contributed by atoms with Gasteiger partial charge in [0, 0.05) is 6.42 Å². The third-order valence-electron chi connectivity index (χ3n) is 1.11. The minimum absolute atomic E-state index is 0.305. The number of rotatable bonds is 4. The average Bonchev–Trinajstić information content (AvgIpc) is 1.86. The predicted octanol–water partition coefficient (Wildman–Crippen LogP) is 0.877. The van der Waals surface area contributed by atoms with E-state index in [1.54, 1.807) is 0 Å². The van der Waals surface area contributed by atoms with Crippen molar-refractivity contribution in [2.24, 2.45) is 0 Å². The van der Waals surface area contributed by atoms with Crippen LogP contribution in [-0.2, 0) is 9.53 Å². The van der Waals surface area contributed by atoms with E-state index >= 15 is 0 Å². The molecular weight excluding hydrogens is 144 g/mol. The normalized spacial score (nSPS) is 12.3. The number of hydrogen-bond acceptors (Lipinski definition) is 3. The maximum absolute atomic E-state index is 10.6. The third kappa shape index (κ3) is 5.61. The molecule has 0 radical (unpaired) electrons. The number of hydrogen-bond donors (Lipinski definition) is 1. The molecule has 64 valence electrons. The molecule has 0 saturated heterocycles. The number of aliphatic hydroxyl groups excluding tert-OH is 1. The van der Waals surface area contributed by atoms with Crippen molar-refractivity contribution >= 4 is 5.97 Å². The van der Waals surface area contributed by atoms with Gasteiger partial charge in [-0.25, -0.2) is 4.79 Å². The smallest absolute Gasteiger partial charge is 0.334 e. The van der Waals surface area contributed by atoms with E-state index in [1.165, 1.54) is 6.92 Å². The van der Waals surface area contributed by atoms with Crippen molar-refractivity contribution in [2.45, 2.75) is 26.4 Å². The summed E-state index contributed by atoms with van der Waals surface area (Å²) in [7, 11) is 0. The first kappa shape index (κ1) is 10.2. The lowest BCUT2D eigenvalue weighted by Gasteiger charge is -2.05. The minimum Gasteiger partial charge on any atom is -0.463 e.